The molecule has 272 valence electrons. The Morgan fingerprint density at radius 1 is 0.725 bits per heavy atom. The predicted octanol–water partition coefficient (Wildman–Crippen LogP) is 8.77. The average Bonchev–Trinajstić information content (AvgIpc) is 3.16. The van der Waals surface area contributed by atoms with E-state index < -0.39 is 0 Å². The maximum absolute atomic E-state index is 13.5. The third-order valence-corrected chi connectivity index (χ3v) is 9.17. The topological polar surface area (TPSA) is 79.1 Å². The molecule has 0 unspecified atom stereocenters. The second-order valence-electron chi connectivity index (χ2n) is 13.0. The number of ketones is 1. The van der Waals surface area contributed by atoms with E-state index in [4.69, 9.17) is 10.5 Å². The van der Waals surface area contributed by atoms with E-state index in [0.29, 0.717) is 17.9 Å². The minimum atomic E-state index is 0.0509. The fraction of sp³-hybridized carbons (Fsp3) is 0.409. The van der Waals surface area contributed by atoms with Crippen molar-refractivity contribution in [2.75, 3.05) is 48.3 Å². The van der Waals surface area contributed by atoms with Gasteiger partial charge in [0, 0.05) is 69.0 Å². The molecule has 7 rings (SSSR count). The van der Waals surface area contributed by atoms with Crippen LogP contribution in [-0.2, 0) is 30.6 Å². The largest absolute Gasteiger partial charge is 0.489 e. The Morgan fingerprint density at radius 2 is 1.43 bits per heavy atom. The highest BCUT2D eigenvalue weighted by Crippen LogP contribution is 2.32. The molecule has 2 heterocycles. The van der Waals surface area contributed by atoms with Crippen molar-refractivity contribution in [3.63, 3.8) is 0 Å². The third-order valence-electron chi connectivity index (χ3n) is 9.17. The summed E-state index contributed by atoms with van der Waals surface area (Å²) in [5.74, 6) is 1.38. The Hall–Kier alpha value is -4.62. The molecule has 1 saturated heterocycles. The van der Waals surface area contributed by atoms with Crippen LogP contribution in [0.3, 0.4) is 0 Å². The Bertz CT molecular complexity index is 1710. The SMILES string of the molecule is CC.CC.CC(C)Oc1ccccc1N1CCN(Cc2cccc(C(=O)N3CCCc4ccc(N)cc43)c2)CC1.O=C1CCc2ccccc2C1. The van der Waals surface area contributed by atoms with Crippen LogP contribution < -0.4 is 20.3 Å². The molecule has 0 radical (unpaired) electrons. The monoisotopic (exact) mass is 690 g/mol. The lowest BCUT2D eigenvalue weighted by Gasteiger charge is -2.37. The van der Waals surface area contributed by atoms with E-state index in [2.05, 4.69) is 60.0 Å². The molecule has 7 heteroatoms. The van der Waals surface area contributed by atoms with Crippen molar-refractivity contribution in [2.24, 2.45) is 0 Å². The van der Waals surface area contributed by atoms with Gasteiger partial charge < -0.3 is 20.3 Å². The molecular weight excluding hydrogens is 633 g/mol. The summed E-state index contributed by atoms with van der Waals surface area (Å²) in [5, 5.41) is 0. The van der Waals surface area contributed by atoms with Gasteiger partial charge in [0.15, 0.2) is 0 Å². The van der Waals surface area contributed by atoms with Gasteiger partial charge in [0.05, 0.1) is 11.8 Å². The van der Waals surface area contributed by atoms with Gasteiger partial charge in [-0.15, -0.1) is 0 Å². The van der Waals surface area contributed by atoms with Crippen molar-refractivity contribution < 1.29 is 14.3 Å². The molecule has 7 nitrogen and oxygen atoms in total. The van der Waals surface area contributed by atoms with Gasteiger partial charge in [0.2, 0.25) is 0 Å². The van der Waals surface area contributed by atoms with Gasteiger partial charge in [-0.3, -0.25) is 14.5 Å². The average molecular weight is 691 g/mol. The number of hydrogen-bond acceptors (Lipinski definition) is 6. The number of anilines is 3. The van der Waals surface area contributed by atoms with Gasteiger partial charge in [0.1, 0.15) is 11.5 Å². The number of ether oxygens (including phenoxy) is 1. The van der Waals surface area contributed by atoms with Gasteiger partial charge in [-0.25, -0.2) is 0 Å². The maximum atomic E-state index is 13.5. The number of para-hydroxylation sites is 2. The highest BCUT2D eigenvalue weighted by atomic mass is 16.5. The molecule has 1 amide bonds. The van der Waals surface area contributed by atoms with E-state index in [1.165, 1.54) is 27.9 Å². The molecule has 2 N–H and O–H groups in total. The first-order chi connectivity index (χ1) is 24.8. The van der Waals surface area contributed by atoms with Crippen molar-refractivity contribution in [1.29, 1.82) is 0 Å². The summed E-state index contributed by atoms with van der Waals surface area (Å²) in [7, 11) is 0. The summed E-state index contributed by atoms with van der Waals surface area (Å²) >= 11 is 0. The van der Waals surface area contributed by atoms with Gasteiger partial charge in [0.25, 0.3) is 5.91 Å². The number of hydrogen-bond donors (Lipinski definition) is 1. The molecule has 4 aromatic rings. The maximum Gasteiger partial charge on any atom is 0.258 e. The van der Waals surface area contributed by atoms with Crippen LogP contribution in [-0.4, -0.2) is 55.4 Å². The number of Topliss-reactive ketones (excluding diaryl/α,β-unsaturated/α-hetero) is 1. The number of aryl methyl sites for hydroxylation is 2. The molecule has 0 spiro atoms. The van der Waals surface area contributed by atoms with E-state index in [9.17, 15) is 9.59 Å². The molecular formula is C44H58N4O3. The standard InChI is InChI=1S/C30H36N4O2.C10H10O.2C2H6/c1-22(2)36-29-11-4-3-10-27(29)33-17-15-32(16-18-33)21-23-7-5-8-25(19-23)30(35)34-14-6-9-24-12-13-26(31)20-28(24)34;11-10-6-5-8-3-1-2-4-9(8)7-10;2*1-2/h3-5,7-8,10-13,19-20,22H,6,9,14-18,21,31H2,1-2H3;1-4H,5-7H2;2*1-2H3. The van der Waals surface area contributed by atoms with Crippen molar-refractivity contribution in [3.05, 3.63) is 119 Å². The lowest BCUT2D eigenvalue weighted by Crippen LogP contribution is -2.46. The quantitative estimate of drug-likeness (QED) is 0.204. The summed E-state index contributed by atoms with van der Waals surface area (Å²) in [4.78, 5) is 31.3. The van der Waals surface area contributed by atoms with Crippen molar-refractivity contribution >= 4 is 28.8 Å². The van der Waals surface area contributed by atoms with Crippen LogP contribution in [0.1, 0.15) is 87.0 Å². The molecule has 0 aromatic heterocycles. The number of piperazine rings is 1. The Labute approximate surface area is 306 Å². The van der Waals surface area contributed by atoms with Gasteiger partial charge in [-0.05, 0) is 91.8 Å². The molecule has 1 aliphatic carbocycles. The van der Waals surface area contributed by atoms with Crippen molar-refractivity contribution in [3.8, 4) is 5.75 Å². The fourth-order valence-electron chi connectivity index (χ4n) is 6.79. The van der Waals surface area contributed by atoms with E-state index in [1.54, 1.807) is 0 Å². The Morgan fingerprint density at radius 3 is 2.18 bits per heavy atom. The minimum Gasteiger partial charge on any atom is -0.489 e. The lowest BCUT2D eigenvalue weighted by atomic mass is 9.91. The number of nitrogens with two attached hydrogens (primary N) is 1. The van der Waals surface area contributed by atoms with Crippen LogP contribution in [0.25, 0.3) is 0 Å². The second-order valence-corrected chi connectivity index (χ2v) is 13.0. The van der Waals surface area contributed by atoms with Crippen molar-refractivity contribution in [1.82, 2.24) is 4.90 Å². The first-order valence-corrected chi connectivity index (χ1v) is 18.9. The summed E-state index contributed by atoms with van der Waals surface area (Å²) in [6.07, 6.45) is 4.43. The van der Waals surface area contributed by atoms with E-state index in [1.807, 2.05) is 87.2 Å². The minimum absolute atomic E-state index is 0.0509. The van der Waals surface area contributed by atoms with Crippen molar-refractivity contribution in [2.45, 2.75) is 86.3 Å². The number of nitrogens with zero attached hydrogens (tertiary/aromatic N) is 3. The number of benzene rings is 4. The number of carbonyl (C=O) groups is 2. The summed E-state index contributed by atoms with van der Waals surface area (Å²) in [5.41, 5.74) is 14.5. The molecule has 0 atom stereocenters. The Balaban J connectivity index is 0.000000325. The molecule has 0 saturated carbocycles. The summed E-state index contributed by atoms with van der Waals surface area (Å²) < 4.78 is 6.04. The summed E-state index contributed by atoms with van der Waals surface area (Å²) in [6, 6.07) is 30.5. The zero-order valence-electron chi connectivity index (χ0n) is 31.7. The number of amides is 1. The molecule has 2 aliphatic heterocycles. The number of nitrogen functional groups attached to an aromatic ring is 1. The first-order valence-electron chi connectivity index (χ1n) is 18.9. The van der Waals surface area contributed by atoms with Crippen LogP contribution in [0.5, 0.6) is 5.75 Å². The molecule has 1 fully saturated rings. The van der Waals surface area contributed by atoms with Crippen LogP contribution in [0.15, 0.2) is 91.0 Å². The van der Waals surface area contributed by atoms with Crippen LogP contribution in [0, 0.1) is 0 Å². The lowest BCUT2D eigenvalue weighted by molar-refractivity contribution is -0.118. The molecule has 0 bridgehead atoms. The normalized spacial score (nSPS) is 15.2. The smallest absolute Gasteiger partial charge is 0.258 e. The van der Waals surface area contributed by atoms with E-state index in [-0.39, 0.29) is 12.0 Å². The van der Waals surface area contributed by atoms with Gasteiger partial charge in [-0.1, -0.05) is 82.3 Å². The van der Waals surface area contributed by atoms with E-state index in [0.717, 1.165) is 82.0 Å². The number of rotatable bonds is 6. The zero-order chi connectivity index (χ0) is 36.8. The first kappa shape index (κ1) is 39.2. The third kappa shape index (κ3) is 10.7. The Kier molecular flexibility index (Phi) is 15.1. The van der Waals surface area contributed by atoms with E-state index >= 15 is 0 Å². The zero-order valence-corrected chi connectivity index (χ0v) is 31.7. The summed E-state index contributed by atoms with van der Waals surface area (Å²) in [6.45, 7) is 17.5. The molecule has 51 heavy (non-hydrogen) atoms. The molecule has 4 aromatic carbocycles. The highest BCUT2D eigenvalue weighted by molar-refractivity contribution is 6.07. The second kappa shape index (κ2) is 19.7. The molecule has 3 aliphatic rings. The fourth-order valence-corrected chi connectivity index (χ4v) is 6.79. The van der Waals surface area contributed by atoms with Crippen LogP contribution in [0.4, 0.5) is 17.1 Å². The van der Waals surface area contributed by atoms with Gasteiger partial charge in [-0.2, -0.15) is 0 Å². The van der Waals surface area contributed by atoms with Crippen LogP contribution in [0.2, 0.25) is 0 Å². The van der Waals surface area contributed by atoms with Gasteiger partial charge >= 0.3 is 0 Å². The number of carbonyl (C=O) groups excluding carboxylic acids is 2. The highest BCUT2D eigenvalue weighted by Gasteiger charge is 2.25. The predicted molar refractivity (Wildman–Crippen MR) is 213 cm³/mol. The number of fused-ring (bicyclic) bond motifs is 2. The van der Waals surface area contributed by atoms with Crippen LogP contribution >= 0.6 is 0 Å².